The first-order chi connectivity index (χ1) is 8.90. The van der Waals surface area contributed by atoms with Gasteiger partial charge in [-0.25, -0.2) is 8.78 Å². The molecule has 0 bridgehead atoms. The maximum atomic E-state index is 13.7. The summed E-state index contributed by atoms with van der Waals surface area (Å²) in [4.78, 5) is 0. The maximum absolute atomic E-state index is 13.7. The van der Waals surface area contributed by atoms with Gasteiger partial charge in [-0.05, 0) is 36.6 Å². The average Bonchev–Trinajstić information content (AvgIpc) is 2.33. The minimum absolute atomic E-state index is 0.293. The van der Waals surface area contributed by atoms with Gasteiger partial charge in [0.25, 0.3) is 0 Å². The second-order valence-electron chi connectivity index (χ2n) is 4.81. The van der Waals surface area contributed by atoms with Crippen molar-refractivity contribution < 1.29 is 8.78 Å². The molecule has 0 radical (unpaired) electrons. The molecule has 0 spiro atoms. The van der Waals surface area contributed by atoms with Gasteiger partial charge in [-0.1, -0.05) is 40.2 Å². The quantitative estimate of drug-likeness (QED) is 0.901. The van der Waals surface area contributed by atoms with E-state index in [-0.39, 0.29) is 0 Å². The summed E-state index contributed by atoms with van der Waals surface area (Å²) in [7, 11) is 0. The first-order valence-electron chi connectivity index (χ1n) is 5.88. The third kappa shape index (κ3) is 3.19. The van der Waals surface area contributed by atoms with Crippen molar-refractivity contribution in [3.8, 4) is 0 Å². The Kier molecular flexibility index (Phi) is 4.02. The summed E-state index contributed by atoms with van der Waals surface area (Å²) >= 11 is 3.44. The van der Waals surface area contributed by atoms with E-state index >= 15 is 0 Å². The van der Waals surface area contributed by atoms with Crippen LogP contribution in [0.15, 0.2) is 46.9 Å². The van der Waals surface area contributed by atoms with Crippen LogP contribution in [0.1, 0.15) is 18.1 Å². The predicted octanol–water partition coefficient (Wildman–Crippen LogP) is 4.14. The van der Waals surface area contributed by atoms with E-state index in [2.05, 4.69) is 15.9 Å². The Hall–Kier alpha value is -1.26. The molecule has 0 aliphatic carbocycles. The Morgan fingerprint density at radius 2 is 1.84 bits per heavy atom. The molecule has 0 amide bonds. The van der Waals surface area contributed by atoms with Gasteiger partial charge in [0.05, 0.1) is 0 Å². The van der Waals surface area contributed by atoms with E-state index in [1.54, 1.807) is 0 Å². The van der Waals surface area contributed by atoms with Gasteiger partial charge in [-0.15, -0.1) is 0 Å². The van der Waals surface area contributed by atoms with Gasteiger partial charge in [0.1, 0.15) is 11.6 Å². The fourth-order valence-electron chi connectivity index (χ4n) is 2.08. The minimum atomic E-state index is -0.737. The first-order valence-corrected chi connectivity index (χ1v) is 6.67. The molecule has 0 fully saturated rings. The standard InChI is InChI=1S/C15H14BrF2N/c1-15(19,12-4-2-3-5-13(12)16)9-10-6-7-11(17)8-14(10)18/h2-8H,9,19H2,1H3. The molecular weight excluding hydrogens is 312 g/mol. The van der Waals surface area contributed by atoms with Gasteiger partial charge in [0.15, 0.2) is 0 Å². The molecule has 4 heteroatoms. The van der Waals surface area contributed by atoms with E-state index in [4.69, 9.17) is 5.73 Å². The zero-order valence-electron chi connectivity index (χ0n) is 10.5. The van der Waals surface area contributed by atoms with Crippen LogP contribution in [0.25, 0.3) is 0 Å². The van der Waals surface area contributed by atoms with Crippen LogP contribution >= 0.6 is 15.9 Å². The molecule has 0 saturated carbocycles. The normalized spacial score (nSPS) is 14.2. The van der Waals surface area contributed by atoms with Crippen molar-refractivity contribution in [3.63, 3.8) is 0 Å². The molecule has 1 nitrogen and oxygen atoms in total. The lowest BCUT2D eigenvalue weighted by Crippen LogP contribution is -2.36. The number of rotatable bonds is 3. The summed E-state index contributed by atoms with van der Waals surface area (Å²) in [6, 6.07) is 11.1. The van der Waals surface area contributed by atoms with Crippen LogP contribution in [0, 0.1) is 11.6 Å². The highest BCUT2D eigenvalue weighted by Gasteiger charge is 2.25. The zero-order chi connectivity index (χ0) is 14.0. The van der Waals surface area contributed by atoms with E-state index in [0.29, 0.717) is 12.0 Å². The number of benzene rings is 2. The number of halogens is 3. The number of nitrogens with two attached hydrogens (primary N) is 1. The van der Waals surface area contributed by atoms with Crippen LogP contribution < -0.4 is 5.73 Å². The minimum Gasteiger partial charge on any atom is -0.321 e. The third-order valence-electron chi connectivity index (χ3n) is 3.06. The van der Waals surface area contributed by atoms with Gasteiger partial charge in [-0.3, -0.25) is 0 Å². The van der Waals surface area contributed by atoms with Gasteiger partial charge in [0, 0.05) is 16.1 Å². The van der Waals surface area contributed by atoms with Crippen molar-refractivity contribution in [3.05, 3.63) is 69.7 Å². The van der Waals surface area contributed by atoms with Crippen molar-refractivity contribution in [2.75, 3.05) is 0 Å². The molecule has 0 heterocycles. The smallest absolute Gasteiger partial charge is 0.129 e. The first kappa shape index (κ1) is 14.2. The van der Waals surface area contributed by atoms with Gasteiger partial charge >= 0.3 is 0 Å². The molecule has 2 aromatic rings. The average molecular weight is 326 g/mol. The fraction of sp³-hybridized carbons (Fsp3) is 0.200. The summed E-state index contributed by atoms with van der Waals surface area (Å²) < 4.78 is 27.5. The lowest BCUT2D eigenvalue weighted by molar-refractivity contribution is 0.470. The molecule has 0 aromatic heterocycles. The topological polar surface area (TPSA) is 26.0 Å². The van der Waals surface area contributed by atoms with Crippen LogP contribution in [-0.2, 0) is 12.0 Å². The highest BCUT2D eigenvalue weighted by atomic mass is 79.9. The van der Waals surface area contributed by atoms with Crippen molar-refractivity contribution in [2.24, 2.45) is 5.73 Å². The Morgan fingerprint density at radius 3 is 2.47 bits per heavy atom. The molecule has 0 aliphatic rings. The van der Waals surface area contributed by atoms with Crippen LogP contribution in [0.2, 0.25) is 0 Å². The Bertz CT molecular complexity index is 596. The van der Waals surface area contributed by atoms with Crippen molar-refractivity contribution in [2.45, 2.75) is 18.9 Å². The van der Waals surface area contributed by atoms with E-state index < -0.39 is 17.2 Å². The molecule has 2 aromatic carbocycles. The van der Waals surface area contributed by atoms with E-state index in [9.17, 15) is 8.78 Å². The second kappa shape index (κ2) is 5.39. The molecule has 0 aliphatic heterocycles. The van der Waals surface area contributed by atoms with Crippen LogP contribution in [0.4, 0.5) is 8.78 Å². The lowest BCUT2D eigenvalue weighted by atomic mass is 9.86. The summed E-state index contributed by atoms with van der Waals surface area (Å²) in [5.74, 6) is -1.15. The fourth-order valence-corrected chi connectivity index (χ4v) is 2.82. The zero-order valence-corrected chi connectivity index (χ0v) is 12.0. The predicted molar refractivity (Wildman–Crippen MR) is 75.7 cm³/mol. The highest BCUT2D eigenvalue weighted by Crippen LogP contribution is 2.29. The summed E-state index contributed by atoms with van der Waals surface area (Å²) in [6.45, 7) is 1.83. The number of hydrogen-bond acceptors (Lipinski definition) is 1. The molecule has 1 atom stereocenters. The van der Waals surface area contributed by atoms with Crippen molar-refractivity contribution in [1.29, 1.82) is 0 Å². The summed E-state index contributed by atoms with van der Waals surface area (Å²) in [6.07, 6.45) is 0.293. The number of hydrogen-bond donors (Lipinski definition) is 1. The van der Waals surface area contributed by atoms with Crippen LogP contribution in [0.5, 0.6) is 0 Å². The van der Waals surface area contributed by atoms with E-state index in [1.807, 2.05) is 31.2 Å². The summed E-state index contributed by atoms with van der Waals surface area (Å²) in [5, 5.41) is 0. The molecule has 2 N–H and O–H groups in total. The maximum Gasteiger partial charge on any atom is 0.129 e. The highest BCUT2D eigenvalue weighted by molar-refractivity contribution is 9.10. The molecule has 0 saturated heterocycles. The van der Waals surface area contributed by atoms with Gasteiger partial charge < -0.3 is 5.73 Å². The van der Waals surface area contributed by atoms with Gasteiger partial charge in [-0.2, -0.15) is 0 Å². The lowest BCUT2D eigenvalue weighted by Gasteiger charge is -2.26. The monoisotopic (exact) mass is 325 g/mol. The SMILES string of the molecule is CC(N)(Cc1ccc(F)cc1F)c1ccccc1Br. The largest absolute Gasteiger partial charge is 0.321 e. The molecular formula is C15H14BrF2N. The molecule has 1 unspecified atom stereocenters. The van der Waals surface area contributed by atoms with Crippen LogP contribution in [0.3, 0.4) is 0 Å². The molecule has 2 rings (SSSR count). The molecule has 19 heavy (non-hydrogen) atoms. The summed E-state index contributed by atoms with van der Waals surface area (Å²) in [5.41, 5.74) is 6.84. The van der Waals surface area contributed by atoms with Crippen LogP contribution in [-0.4, -0.2) is 0 Å². The second-order valence-corrected chi connectivity index (χ2v) is 5.66. The van der Waals surface area contributed by atoms with E-state index in [0.717, 1.165) is 16.1 Å². The van der Waals surface area contributed by atoms with E-state index in [1.165, 1.54) is 12.1 Å². The molecule has 100 valence electrons. The Balaban J connectivity index is 2.33. The third-order valence-corrected chi connectivity index (χ3v) is 3.75. The Labute approximate surface area is 119 Å². The van der Waals surface area contributed by atoms with Crippen molar-refractivity contribution >= 4 is 15.9 Å². The van der Waals surface area contributed by atoms with Gasteiger partial charge in [0.2, 0.25) is 0 Å². The Morgan fingerprint density at radius 1 is 1.16 bits per heavy atom. The van der Waals surface area contributed by atoms with Crippen molar-refractivity contribution in [1.82, 2.24) is 0 Å².